The van der Waals surface area contributed by atoms with Gasteiger partial charge < -0.3 is 19.5 Å². The van der Waals surface area contributed by atoms with E-state index < -0.39 is 0 Å². The van der Waals surface area contributed by atoms with E-state index in [2.05, 4.69) is 5.32 Å². The lowest BCUT2D eigenvalue weighted by Crippen LogP contribution is -2.44. The fraction of sp³-hybridized carbons (Fsp3) is 0.393. The highest BCUT2D eigenvalue weighted by atomic mass is 32.2. The minimum atomic E-state index is -0.289. The van der Waals surface area contributed by atoms with Crippen LogP contribution in [0.2, 0.25) is 0 Å². The fourth-order valence-corrected chi connectivity index (χ4v) is 6.23. The number of hydrogen-bond acceptors (Lipinski definition) is 7. The molecule has 10 heteroatoms. The standard InChI is InChI=1S/C28H32N4O5S/c1-31-28-25(26(30-31)18-8-5-4-6-9-18)27(21-14-19(35-2)11-12-22(21)36-3)38-17-24(34)32(28)16-23(33)29-15-20-10-7-13-37-20/h4-6,8-9,11-12,14,20,27H,7,10,13,15-17H2,1-3H3,(H,29,33)/t20-,27-/m0/s1. The normalized spacial score (nSPS) is 19.1. The number of carbonyl (C=O) groups excluding carboxylic acids is 2. The van der Waals surface area contributed by atoms with Crippen molar-refractivity contribution in [3.05, 3.63) is 59.7 Å². The van der Waals surface area contributed by atoms with E-state index in [9.17, 15) is 9.59 Å². The topological polar surface area (TPSA) is 94.9 Å². The van der Waals surface area contributed by atoms with Crippen LogP contribution in [0.3, 0.4) is 0 Å². The summed E-state index contributed by atoms with van der Waals surface area (Å²) in [7, 11) is 5.06. The molecule has 0 spiro atoms. The molecular formula is C28H32N4O5S. The molecule has 0 aliphatic carbocycles. The Kier molecular flexibility index (Phi) is 7.90. The molecule has 200 valence electrons. The van der Waals surface area contributed by atoms with Gasteiger partial charge in [0.1, 0.15) is 23.9 Å². The Morgan fingerprint density at radius 3 is 2.71 bits per heavy atom. The van der Waals surface area contributed by atoms with Crippen LogP contribution in [0, 0.1) is 0 Å². The molecule has 1 fully saturated rings. The largest absolute Gasteiger partial charge is 0.497 e. The summed E-state index contributed by atoms with van der Waals surface area (Å²) in [6.45, 7) is 1.06. The van der Waals surface area contributed by atoms with Gasteiger partial charge in [0, 0.05) is 36.9 Å². The zero-order valence-corrected chi connectivity index (χ0v) is 22.6. The van der Waals surface area contributed by atoms with Gasteiger partial charge in [-0.3, -0.25) is 19.2 Å². The van der Waals surface area contributed by atoms with Crippen LogP contribution in [0.5, 0.6) is 11.5 Å². The Hall–Kier alpha value is -3.50. The molecule has 2 aliphatic rings. The first-order valence-corrected chi connectivity index (χ1v) is 13.7. The van der Waals surface area contributed by atoms with E-state index in [4.69, 9.17) is 19.3 Å². The van der Waals surface area contributed by atoms with Crippen LogP contribution in [0.15, 0.2) is 48.5 Å². The minimum Gasteiger partial charge on any atom is -0.497 e. The molecule has 1 saturated heterocycles. The molecule has 0 unspecified atom stereocenters. The zero-order chi connectivity index (χ0) is 26.6. The highest BCUT2D eigenvalue weighted by Gasteiger charge is 2.38. The molecule has 3 aromatic rings. The van der Waals surface area contributed by atoms with Crippen molar-refractivity contribution in [3.63, 3.8) is 0 Å². The zero-order valence-electron chi connectivity index (χ0n) is 21.8. The maximum Gasteiger partial charge on any atom is 0.240 e. The first-order chi connectivity index (χ1) is 18.5. The number of carbonyl (C=O) groups is 2. The average molecular weight is 537 g/mol. The molecule has 1 aromatic heterocycles. The summed E-state index contributed by atoms with van der Waals surface area (Å²) in [6.07, 6.45) is 1.95. The maximum atomic E-state index is 13.5. The van der Waals surface area contributed by atoms with Crippen molar-refractivity contribution >= 4 is 29.4 Å². The molecule has 9 nitrogen and oxygen atoms in total. The second-order valence-electron chi connectivity index (χ2n) is 9.29. The van der Waals surface area contributed by atoms with Crippen molar-refractivity contribution in [1.82, 2.24) is 15.1 Å². The number of fused-ring (bicyclic) bond motifs is 1. The lowest BCUT2D eigenvalue weighted by Gasteiger charge is -2.23. The van der Waals surface area contributed by atoms with Crippen LogP contribution in [-0.2, 0) is 21.4 Å². The number of methoxy groups -OCH3 is 2. The van der Waals surface area contributed by atoms with E-state index in [1.807, 2.05) is 55.6 Å². The summed E-state index contributed by atoms with van der Waals surface area (Å²) in [5.74, 6) is 1.77. The molecule has 5 rings (SSSR count). The first kappa shape index (κ1) is 26.1. The van der Waals surface area contributed by atoms with Crippen LogP contribution >= 0.6 is 11.8 Å². The van der Waals surface area contributed by atoms with Gasteiger partial charge in [0.05, 0.1) is 37.0 Å². The van der Waals surface area contributed by atoms with Gasteiger partial charge in [0.15, 0.2) is 0 Å². The number of benzene rings is 2. The number of ether oxygens (including phenoxy) is 3. The van der Waals surface area contributed by atoms with Gasteiger partial charge in [-0.2, -0.15) is 5.10 Å². The summed E-state index contributed by atoms with van der Waals surface area (Å²) in [6, 6.07) is 15.5. The van der Waals surface area contributed by atoms with Crippen molar-refractivity contribution in [3.8, 4) is 22.8 Å². The lowest BCUT2D eigenvalue weighted by atomic mass is 9.98. The van der Waals surface area contributed by atoms with Crippen LogP contribution in [-0.4, -0.2) is 67.4 Å². The number of nitrogens with one attached hydrogen (secondary N) is 1. The number of aryl methyl sites for hydroxylation is 1. The summed E-state index contributed by atoms with van der Waals surface area (Å²) in [4.78, 5) is 28.1. The molecule has 38 heavy (non-hydrogen) atoms. The second kappa shape index (κ2) is 11.5. The molecule has 2 amide bonds. The van der Waals surface area contributed by atoms with Crippen molar-refractivity contribution in [1.29, 1.82) is 0 Å². The van der Waals surface area contributed by atoms with Crippen LogP contribution < -0.4 is 19.7 Å². The van der Waals surface area contributed by atoms with E-state index in [0.717, 1.165) is 41.8 Å². The summed E-state index contributed by atoms with van der Waals surface area (Å²) < 4.78 is 18.6. The Balaban J connectivity index is 1.59. The highest BCUT2D eigenvalue weighted by Crippen LogP contribution is 2.50. The SMILES string of the molecule is COc1ccc(OC)c([C@@H]2SCC(=O)N(CC(=O)NC[C@@H]3CCCO3)c3c2c(-c2ccccc2)nn3C)c1. The van der Waals surface area contributed by atoms with Gasteiger partial charge in [0.2, 0.25) is 11.8 Å². The average Bonchev–Trinajstić information content (AvgIpc) is 3.55. The third-order valence-corrected chi connectivity index (χ3v) is 8.10. The predicted molar refractivity (Wildman–Crippen MR) is 147 cm³/mol. The molecule has 1 N–H and O–H groups in total. The second-order valence-corrected chi connectivity index (χ2v) is 10.4. The number of thioether (sulfide) groups is 1. The number of aromatic nitrogens is 2. The lowest BCUT2D eigenvalue weighted by molar-refractivity contribution is -0.123. The molecule has 2 aliphatic heterocycles. The Labute approximate surface area is 226 Å². The van der Waals surface area contributed by atoms with Crippen LogP contribution in [0.4, 0.5) is 5.82 Å². The smallest absolute Gasteiger partial charge is 0.240 e. The van der Waals surface area contributed by atoms with E-state index in [0.29, 0.717) is 23.9 Å². The van der Waals surface area contributed by atoms with Gasteiger partial charge >= 0.3 is 0 Å². The van der Waals surface area contributed by atoms with Gasteiger partial charge in [0.25, 0.3) is 0 Å². The van der Waals surface area contributed by atoms with Gasteiger partial charge in [-0.05, 0) is 31.0 Å². The van der Waals surface area contributed by atoms with Gasteiger partial charge in [-0.25, -0.2) is 0 Å². The third kappa shape index (κ3) is 5.23. The molecule has 2 atom stereocenters. The Morgan fingerprint density at radius 2 is 2.00 bits per heavy atom. The van der Waals surface area contributed by atoms with E-state index in [-0.39, 0.29) is 35.5 Å². The number of rotatable bonds is 8. The van der Waals surface area contributed by atoms with Crippen molar-refractivity contribution in [2.45, 2.75) is 24.2 Å². The number of anilines is 1. The molecular weight excluding hydrogens is 504 g/mol. The molecule has 0 bridgehead atoms. The monoisotopic (exact) mass is 536 g/mol. The minimum absolute atomic E-state index is 0.0243. The molecule has 3 heterocycles. The number of hydrogen-bond donors (Lipinski definition) is 1. The van der Waals surface area contributed by atoms with Crippen LogP contribution in [0.25, 0.3) is 11.3 Å². The third-order valence-electron chi connectivity index (χ3n) is 6.86. The summed E-state index contributed by atoms with van der Waals surface area (Å²) in [5, 5.41) is 7.52. The number of amides is 2. The predicted octanol–water partition coefficient (Wildman–Crippen LogP) is 3.57. The highest BCUT2D eigenvalue weighted by molar-refractivity contribution is 8.00. The Bertz CT molecular complexity index is 1310. The Morgan fingerprint density at radius 1 is 1.18 bits per heavy atom. The fourth-order valence-electron chi connectivity index (χ4n) is 5.02. The van der Waals surface area contributed by atoms with E-state index in [1.165, 1.54) is 11.8 Å². The molecule has 2 aromatic carbocycles. The molecule has 0 saturated carbocycles. The first-order valence-electron chi connectivity index (χ1n) is 12.6. The van der Waals surface area contributed by atoms with Crippen molar-refractivity contribution < 1.29 is 23.8 Å². The summed E-state index contributed by atoms with van der Waals surface area (Å²) >= 11 is 1.49. The maximum absolute atomic E-state index is 13.5. The van der Waals surface area contributed by atoms with E-state index >= 15 is 0 Å². The van der Waals surface area contributed by atoms with E-state index in [1.54, 1.807) is 23.8 Å². The van der Waals surface area contributed by atoms with Crippen LogP contribution in [0.1, 0.15) is 29.2 Å². The van der Waals surface area contributed by atoms with Gasteiger partial charge in [-0.1, -0.05) is 30.3 Å². The molecule has 0 radical (unpaired) electrons. The summed E-state index contributed by atoms with van der Waals surface area (Å²) in [5.41, 5.74) is 3.41. The quantitative estimate of drug-likeness (QED) is 0.470. The number of nitrogens with zero attached hydrogens (tertiary/aromatic N) is 3. The van der Waals surface area contributed by atoms with Crippen molar-refractivity contribution in [2.75, 3.05) is 44.6 Å². The van der Waals surface area contributed by atoms with Gasteiger partial charge in [-0.15, -0.1) is 11.8 Å². The van der Waals surface area contributed by atoms with Crippen molar-refractivity contribution in [2.24, 2.45) is 7.05 Å².